The Balaban J connectivity index is 2.25. The molecule has 0 fully saturated rings. The molecule has 0 aliphatic heterocycles. The fourth-order valence-corrected chi connectivity index (χ4v) is 2.42. The summed E-state index contributed by atoms with van der Waals surface area (Å²) >= 11 is 0. The van der Waals surface area contributed by atoms with Crippen molar-refractivity contribution >= 4 is 29.7 Å². The van der Waals surface area contributed by atoms with E-state index in [2.05, 4.69) is 0 Å². The van der Waals surface area contributed by atoms with Crippen LogP contribution in [0.1, 0.15) is 11.1 Å². The molecule has 0 aliphatic rings. The fraction of sp³-hybridized carbons (Fsp3) is 0.0952. The Morgan fingerprint density at radius 3 is 1.65 bits per heavy atom. The number of phenolic OH excluding ortho intramolecular Hbond substituents is 4. The number of phenols is 4. The molecule has 2 aromatic rings. The highest BCUT2D eigenvalue weighted by Crippen LogP contribution is 2.27. The van der Waals surface area contributed by atoms with Crippen molar-refractivity contribution in [1.29, 1.82) is 0 Å². The van der Waals surface area contributed by atoms with Gasteiger partial charge in [0.2, 0.25) is 5.78 Å². The molecule has 0 amide bonds. The summed E-state index contributed by atoms with van der Waals surface area (Å²) in [5, 5.41) is 67.0. The van der Waals surface area contributed by atoms with Gasteiger partial charge in [-0.2, -0.15) is 0 Å². The Hall–Kier alpha value is -4.15. The zero-order valence-electron chi connectivity index (χ0n) is 15.7. The lowest BCUT2D eigenvalue weighted by Gasteiger charge is -2.24. The second kappa shape index (κ2) is 9.11. The molecule has 162 valence electrons. The van der Waals surface area contributed by atoms with Gasteiger partial charge in [-0.05, 0) is 47.5 Å². The molecule has 10 nitrogen and oxygen atoms in total. The first-order valence-electron chi connectivity index (χ1n) is 8.59. The van der Waals surface area contributed by atoms with Crippen LogP contribution in [0, 0.1) is 0 Å². The minimum Gasteiger partial charge on any atom is -0.504 e. The highest BCUT2D eigenvalue weighted by Gasteiger charge is 2.52. The Morgan fingerprint density at radius 2 is 1.23 bits per heavy atom. The Kier molecular flexibility index (Phi) is 6.80. The molecule has 10 heteroatoms. The Bertz CT molecular complexity index is 1090. The van der Waals surface area contributed by atoms with E-state index in [4.69, 9.17) is 0 Å². The molecule has 2 unspecified atom stereocenters. The summed E-state index contributed by atoms with van der Waals surface area (Å²) in [7, 11) is 0. The number of rotatable bonds is 8. The van der Waals surface area contributed by atoms with E-state index >= 15 is 0 Å². The van der Waals surface area contributed by atoms with Crippen molar-refractivity contribution in [2.24, 2.45) is 0 Å². The maximum absolute atomic E-state index is 12.3. The summed E-state index contributed by atoms with van der Waals surface area (Å²) in [6.45, 7) is 0. The lowest BCUT2D eigenvalue weighted by atomic mass is 9.88. The molecule has 2 aromatic carbocycles. The smallest absolute Gasteiger partial charge is 0.347 e. The number of hydrogen-bond acceptors (Lipinski definition) is 9. The van der Waals surface area contributed by atoms with Crippen LogP contribution >= 0.6 is 0 Å². The first kappa shape index (κ1) is 23.1. The van der Waals surface area contributed by atoms with E-state index in [1.807, 2.05) is 0 Å². The molecule has 31 heavy (non-hydrogen) atoms. The van der Waals surface area contributed by atoms with Gasteiger partial charge in [-0.25, -0.2) is 4.79 Å². The van der Waals surface area contributed by atoms with E-state index in [9.17, 15) is 50.1 Å². The molecule has 0 radical (unpaired) electrons. The van der Waals surface area contributed by atoms with Crippen LogP contribution in [0.5, 0.6) is 23.0 Å². The predicted molar refractivity (Wildman–Crippen MR) is 106 cm³/mol. The molecule has 0 aliphatic carbocycles. The zero-order valence-corrected chi connectivity index (χ0v) is 15.7. The van der Waals surface area contributed by atoms with Crippen LogP contribution in [0.15, 0.2) is 48.6 Å². The summed E-state index contributed by atoms with van der Waals surface area (Å²) in [5.41, 5.74) is -3.15. The molecular formula is C21H18O10. The number of aromatic hydroxyl groups is 4. The monoisotopic (exact) mass is 430 g/mol. The van der Waals surface area contributed by atoms with Gasteiger partial charge in [-0.3, -0.25) is 9.59 Å². The lowest BCUT2D eigenvalue weighted by molar-refractivity contribution is -0.177. The number of hydrogen-bond donors (Lipinski definition) is 7. The molecule has 0 bridgehead atoms. The van der Waals surface area contributed by atoms with Crippen LogP contribution in [0.3, 0.4) is 0 Å². The quantitative estimate of drug-likeness (QED) is 0.177. The van der Waals surface area contributed by atoms with Crippen molar-refractivity contribution in [2.75, 3.05) is 0 Å². The number of aliphatic hydroxyl groups excluding tert-OH is 1. The summed E-state index contributed by atoms with van der Waals surface area (Å²) in [4.78, 5) is 36.0. The van der Waals surface area contributed by atoms with Gasteiger partial charge in [0.15, 0.2) is 34.9 Å². The SMILES string of the molecule is O=C(C=Cc1ccc(O)c(O)c1)C(O)C(O)(C(=O)O)C(=O)C=Cc1ccc(O)c(O)c1. The lowest BCUT2D eigenvalue weighted by Crippen LogP contribution is -2.58. The topological polar surface area (TPSA) is 193 Å². The van der Waals surface area contributed by atoms with Crippen LogP contribution in [-0.2, 0) is 14.4 Å². The van der Waals surface area contributed by atoms with Gasteiger partial charge in [0.25, 0.3) is 5.60 Å². The Labute approximate surface area is 174 Å². The van der Waals surface area contributed by atoms with E-state index in [1.165, 1.54) is 12.1 Å². The van der Waals surface area contributed by atoms with Crippen molar-refractivity contribution in [3.8, 4) is 23.0 Å². The molecule has 0 aromatic heterocycles. The molecule has 7 N–H and O–H groups in total. The summed E-state index contributed by atoms with van der Waals surface area (Å²) < 4.78 is 0. The predicted octanol–water partition coefficient (Wildman–Crippen LogP) is 0.550. The van der Waals surface area contributed by atoms with Crippen LogP contribution in [0.2, 0.25) is 0 Å². The molecule has 0 saturated carbocycles. The highest BCUT2D eigenvalue weighted by atomic mass is 16.4. The first-order valence-corrected chi connectivity index (χ1v) is 8.59. The molecule has 0 saturated heterocycles. The average Bonchev–Trinajstić information content (AvgIpc) is 2.73. The van der Waals surface area contributed by atoms with Crippen LogP contribution in [0.25, 0.3) is 12.2 Å². The second-order valence-corrected chi connectivity index (χ2v) is 6.40. The van der Waals surface area contributed by atoms with Gasteiger partial charge in [0.1, 0.15) is 0 Å². The van der Waals surface area contributed by atoms with Crippen molar-refractivity contribution in [3.63, 3.8) is 0 Å². The fourth-order valence-electron chi connectivity index (χ4n) is 2.42. The van der Waals surface area contributed by atoms with E-state index in [0.29, 0.717) is 12.2 Å². The summed E-state index contributed by atoms with van der Waals surface area (Å²) in [6.07, 6.45) is 0.684. The number of carbonyl (C=O) groups is 3. The van der Waals surface area contributed by atoms with Gasteiger partial charge >= 0.3 is 5.97 Å². The third-order valence-electron chi connectivity index (χ3n) is 4.23. The minimum absolute atomic E-state index is 0.157. The van der Waals surface area contributed by atoms with Crippen molar-refractivity contribution in [3.05, 3.63) is 59.7 Å². The molecule has 0 heterocycles. The van der Waals surface area contributed by atoms with E-state index < -0.39 is 52.2 Å². The van der Waals surface area contributed by atoms with E-state index in [1.54, 1.807) is 0 Å². The highest BCUT2D eigenvalue weighted by molar-refractivity contribution is 6.18. The first-order chi connectivity index (χ1) is 14.5. The standard InChI is InChI=1S/C21H18O10/c22-13-5-1-11(9-16(13)25)3-7-15(24)19(28)21(31,20(29)30)18(27)8-4-12-2-6-14(23)17(26)10-12/h1-10,19,22-23,25-26,28,31H,(H,29,30). The number of aliphatic carboxylic acids is 1. The number of carbonyl (C=O) groups excluding carboxylic acids is 2. The van der Waals surface area contributed by atoms with Gasteiger partial charge in [-0.1, -0.05) is 24.3 Å². The van der Waals surface area contributed by atoms with Gasteiger partial charge in [-0.15, -0.1) is 0 Å². The van der Waals surface area contributed by atoms with Crippen molar-refractivity contribution < 1.29 is 50.1 Å². The maximum atomic E-state index is 12.3. The molecule has 0 spiro atoms. The number of carboxylic acid groups (broad SMARTS) is 1. The summed E-state index contributed by atoms with van der Waals surface area (Å²) in [6, 6.07) is 6.93. The molecule has 2 rings (SSSR count). The third-order valence-corrected chi connectivity index (χ3v) is 4.23. The normalized spacial score (nSPS) is 14.4. The molecular weight excluding hydrogens is 412 g/mol. The largest absolute Gasteiger partial charge is 0.504 e. The van der Waals surface area contributed by atoms with Gasteiger partial charge < -0.3 is 35.7 Å². The zero-order chi connectivity index (χ0) is 23.3. The van der Waals surface area contributed by atoms with Crippen molar-refractivity contribution in [2.45, 2.75) is 11.7 Å². The van der Waals surface area contributed by atoms with Gasteiger partial charge in [0.05, 0.1) is 0 Å². The maximum Gasteiger partial charge on any atom is 0.347 e. The third kappa shape index (κ3) is 5.07. The number of aliphatic hydroxyl groups is 2. The van der Waals surface area contributed by atoms with Gasteiger partial charge in [0, 0.05) is 0 Å². The minimum atomic E-state index is -3.51. The second-order valence-electron chi connectivity index (χ2n) is 6.40. The average molecular weight is 430 g/mol. The summed E-state index contributed by atoms with van der Waals surface area (Å²) in [5.74, 6) is -6.86. The van der Waals surface area contributed by atoms with Crippen LogP contribution < -0.4 is 0 Å². The number of carboxylic acids is 1. The number of ketones is 2. The van der Waals surface area contributed by atoms with Crippen LogP contribution in [0.4, 0.5) is 0 Å². The Morgan fingerprint density at radius 1 is 0.774 bits per heavy atom. The van der Waals surface area contributed by atoms with Crippen molar-refractivity contribution in [1.82, 2.24) is 0 Å². The van der Waals surface area contributed by atoms with E-state index in [0.717, 1.165) is 36.4 Å². The van der Waals surface area contributed by atoms with Crippen LogP contribution in [-0.4, -0.2) is 65.0 Å². The number of benzene rings is 2. The molecule has 2 atom stereocenters. The van der Waals surface area contributed by atoms with E-state index in [-0.39, 0.29) is 11.1 Å².